The predicted octanol–water partition coefficient (Wildman–Crippen LogP) is 3.04. The van der Waals surface area contributed by atoms with E-state index in [0.29, 0.717) is 39.4 Å². The minimum Gasteiger partial charge on any atom is -0.446 e. The molecule has 4 rings (SSSR count). The van der Waals surface area contributed by atoms with Crippen LogP contribution in [0.2, 0.25) is 0 Å². The van der Waals surface area contributed by atoms with Crippen molar-refractivity contribution >= 4 is 27.7 Å². The molecular weight excluding hydrogens is 470 g/mol. The molecule has 0 fully saturated rings. The van der Waals surface area contributed by atoms with E-state index < -0.39 is 0 Å². The van der Waals surface area contributed by atoms with Gasteiger partial charge in [0.1, 0.15) is 0 Å². The van der Waals surface area contributed by atoms with Gasteiger partial charge in [-0.2, -0.15) is 0 Å². The van der Waals surface area contributed by atoms with E-state index in [9.17, 15) is 9.59 Å². The van der Waals surface area contributed by atoms with Crippen LogP contribution in [-0.4, -0.2) is 23.9 Å². The summed E-state index contributed by atoms with van der Waals surface area (Å²) in [5, 5.41) is 9.32. The van der Waals surface area contributed by atoms with Gasteiger partial charge in [-0.1, -0.05) is 42.1 Å². The summed E-state index contributed by atoms with van der Waals surface area (Å²) in [4.78, 5) is 24.2. The van der Waals surface area contributed by atoms with Crippen LogP contribution in [-0.2, 0) is 26.4 Å². The molecule has 0 aliphatic rings. The zero-order valence-electron chi connectivity index (χ0n) is 16.3. The smallest absolute Gasteiger partial charge is 0.330 e. The minimum absolute atomic E-state index is 0.333. The van der Waals surface area contributed by atoms with Gasteiger partial charge in [0.15, 0.2) is 15.6 Å². The second kappa shape index (κ2) is 8.49. The number of furan rings is 1. The summed E-state index contributed by atoms with van der Waals surface area (Å²) >= 11 is 4.73. The average Bonchev–Trinajstić information content (AvgIpc) is 3.35. The van der Waals surface area contributed by atoms with Gasteiger partial charge in [-0.25, -0.2) is 4.79 Å². The number of nitrogens with zero attached hydrogens (tertiary/aromatic N) is 5. The monoisotopic (exact) mass is 487 g/mol. The molecule has 3 aromatic heterocycles. The van der Waals surface area contributed by atoms with Crippen molar-refractivity contribution in [3.8, 4) is 11.6 Å². The fraction of sp³-hybridized carbons (Fsp3) is 0.200. The maximum absolute atomic E-state index is 12.2. The Hall–Kier alpha value is -2.85. The van der Waals surface area contributed by atoms with E-state index in [0.717, 1.165) is 10.1 Å². The Bertz CT molecular complexity index is 1310. The number of benzene rings is 1. The Morgan fingerprint density at radius 2 is 1.80 bits per heavy atom. The highest BCUT2D eigenvalue weighted by Crippen LogP contribution is 2.29. The van der Waals surface area contributed by atoms with E-state index in [1.54, 1.807) is 13.1 Å². The van der Waals surface area contributed by atoms with Crippen LogP contribution in [0.15, 0.2) is 72.4 Å². The molecule has 0 saturated heterocycles. The van der Waals surface area contributed by atoms with Crippen LogP contribution in [0.4, 0.5) is 0 Å². The number of aromatic nitrogens is 5. The highest BCUT2D eigenvalue weighted by molar-refractivity contribution is 9.10. The molecule has 0 aliphatic carbocycles. The van der Waals surface area contributed by atoms with Crippen LogP contribution in [0.5, 0.6) is 0 Å². The summed E-state index contributed by atoms with van der Waals surface area (Å²) in [6.07, 6.45) is 0. The largest absolute Gasteiger partial charge is 0.446 e. The molecule has 8 nitrogen and oxygen atoms in total. The Morgan fingerprint density at radius 3 is 2.50 bits per heavy atom. The fourth-order valence-electron chi connectivity index (χ4n) is 2.98. The van der Waals surface area contributed by atoms with E-state index >= 15 is 0 Å². The third kappa shape index (κ3) is 4.05. The van der Waals surface area contributed by atoms with Gasteiger partial charge in [0.05, 0.1) is 6.54 Å². The maximum Gasteiger partial charge on any atom is 0.330 e. The molecule has 10 heteroatoms. The maximum atomic E-state index is 12.2. The molecule has 0 unspecified atom stereocenters. The standard InChI is InChI=1S/C20H18BrN5O3S/c1-24-14(10-17(27)25(2)20(24)28)12-30-19-23-22-18(15-8-9-16(21)29-15)26(19)11-13-6-4-3-5-7-13/h3-10H,11-12H2,1-2H3. The normalized spacial score (nSPS) is 11.2. The van der Waals surface area contributed by atoms with Gasteiger partial charge in [-0.15, -0.1) is 10.2 Å². The highest BCUT2D eigenvalue weighted by Gasteiger charge is 2.18. The summed E-state index contributed by atoms with van der Waals surface area (Å²) in [6.45, 7) is 0.555. The Morgan fingerprint density at radius 1 is 1.03 bits per heavy atom. The number of hydrogen-bond donors (Lipinski definition) is 0. The summed E-state index contributed by atoms with van der Waals surface area (Å²) < 4.78 is 10.8. The molecule has 4 aromatic rings. The summed E-state index contributed by atoms with van der Waals surface area (Å²) in [5.41, 5.74) is 1.02. The molecular formula is C20H18BrN5O3S. The lowest BCUT2D eigenvalue weighted by Gasteiger charge is -2.11. The topological polar surface area (TPSA) is 87.8 Å². The molecule has 0 spiro atoms. The number of rotatable bonds is 6. The average molecular weight is 488 g/mol. The quantitative estimate of drug-likeness (QED) is 0.388. The third-order valence-electron chi connectivity index (χ3n) is 4.67. The molecule has 154 valence electrons. The second-order valence-corrected chi connectivity index (χ2v) is 8.37. The van der Waals surface area contributed by atoms with Gasteiger partial charge in [-0.05, 0) is 33.6 Å². The fourth-order valence-corrected chi connectivity index (χ4v) is 4.24. The van der Waals surface area contributed by atoms with Crippen LogP contribution in [0.3, 0.4) is 0 Å². The summed E-state index contributed by atoms with van der Waals surface area (Å²) in [7, 11) is 3.12. The Labute approximate surface area is 184 Å². The first-order chi connectivity index (χ1) is 14.4. The van der Waals surface area contributed by atoms with Gasteiger partial charge < -0.3 is 4.42 Å². The van der Waals surface area contributed by atoms with Crippen molar-refractivity contribution in [2.75, 3.05) is 0 Å². The lowest BCUT2D eigenvalue weighted by atomic mass is 10.2. The Balaban J connectivity index is 1.69. The van der Waals surface area contributed by atoms with Crippen LogP contribution in [0.25, 0.3) is 11.6 Å². The van der Waals surface area contributed by atoms with Crippen molar-refractivity contribution in [1.82, 2.24) is 23.9 Å². The van der Waals surface area contributed by atoms with Crippen molar-refractivity contribution in [3.05, 3.63) is 85.3 Å². The van der Waals surface area contributed by atoms with Gasteiger partial charge in [-0.3, -0.25) is 18.5 Å². The molecule has 0 aliphatic heterocycles. The zero-order valence-corrected chi connectivity index (χ0v) is 18.7. The van der Waals surface area contributed by atoms with Crippen molar-refractivity contribution < 1.29 is 4.42 Å². The molecule has 30 heavy (non-hydrogen) atoms. The molecule has 0 N–H and O–H groups in total. The zero-order chi connectivity index (χ0) is 21.3. The van der Waals surface area contributed by atoms with Crippen molar-refractivity contribution in [1.29, 1.82) is 0 Å². The summed E-state index contributed by atoms with van der Waals surface area (Å²) in [6, 6.07) is 15.1. The first kappa shape index (κ1) is 20.4. The van der Waals surface area contributed by atoms with Crippen LogP contribution in [0.1, 0.15) is 11.3 Å². The lowest BCUT2D eigenvalue weighted by molar-refractivity contribution is 0.545. The van der Waals surface area contributed by atoms with E-state index in [2.05, 4.69) is 26.1 Å². The third-order valence-corrected chi connectivity index (χ3v) is 6.09. The Kier molecular flexibility index (Phi) is 5.78. The van der Waals surface area contributed by atoms with Crippen molar-refractivity contribution in [2.24, 2.45) is 14.1 Å². The SMILES string of the molecule is Cn1c(CSc2nnc(-c3ccc(Br)o3)n2Cc2ccccc2)cc(=O)n(C)c1=O. The molecule has 0 saturated carbocycles. The van der Waals surface area contributed by atoms with E-state index in [1.807, 2.05) is 41.0 Å². The lowest BCUT2D eigenvalue weighted by Crippen LogP contribution is -2.37. The molecule has 1 aromatic carbocycles. The highest BCUT2D eigenvalue weighted by atomic mass is 79.9. The van der Waals surface area contributed by atoms with E-state index in [-0.39, 0.29) is 11.2 Å². The van der Waals surface area contributed by atoms with E-state index in [4.69, 9.17) is 4.42 Å². The van der Waals surface area contributed by atoms with Gasteiger partial charge in [0.2, 0.25) is 5.82 Å². The second-order valence-electron chi connectivity index (χ2n) is 6.64. The first-order valence-corrected chi connectivity index (χ1v) is 10.8. The van der Waals surface area contributed by atoms with Crippen LogP contribution < -0.4 is 11.2 Å². The van der Waals surface area contributed by atoms with Gasteiger partial charge in [0.25, 0.3) is 5.56 Å². The molecule has 3 heterocycles. The molecule has 0 amide bonds. The minimum atomic E-state index is -0.357. The van der Waals surface area contributed by atoms with Gasteiger partial charge >= 0.3 is 5.69 Å². The summed E-state index contributed by atoms with van der Waals surface area (Å²) in [5.74, 6) is 1.60. The van der Waals surface area contributed by atoms with E-state index in [1.165, 1.54) is 29.4 Å². The van der Waals surface area contributed by atoms with Crippen LogP contribution >= 0.6 is 27.7 Å². The molecule has 0 radical (unpaired) electrons. The number of hydrogen-bond acceptors (Lipinski definition) is 6. The molecule has 0 atom stereocenters. The van der Waals surface area contributed by atoms with Crippen molar-refractivity contribution in [2.45, 2.75) is 17.5 Å². The van der Waals surface area contributed by atoms with Crippen LogP contribution in [0, 0.1) is 0 Å². The van der Waals surface area contributed by atoms with Crippen molar-refractivity contribution in [3.63, 3.8) is 0 Å². The predicted molar refractivity (Wildman–Crippen MR) is 117 cm³/mol. The number of halogens is 1. The first-order valence-electron chi connectivity index (χ1n) is 9.05. The molecule has 0 bridgehead atoms. The number of thioether (sulfide) groups is 1. The van der Waals surface area contributed by atoms with Gasteiger partial charge in [0, 0.05) is 31.6 Å².